The molecule has 0 radical (unpaired) electrons. The van der Waals surface area contributed by atoms with Crippen LogP contribution in [0.3, 0.4) is 0 Å². The molecule has 0 aromatic carbocycles. The van der Waals surface area contributed by atoms with Crippen LogP contribution in [0.5, 0.6) is 0 Å². The SMILES string of the molecule is CC(C)C1(C)C(=O)NC2(OCCOS(=O)(=O)O)c3ncccc3C(=O)N21.[Na+]. The summed E-state index contributed by atoms with van der Waals surface area (Å²) in [6.45, 7) is 4.42. The van der Waals surface area contributed by atoms with Crippen LogP contribution in [0.25, 0.3) is 0 Å². The number of nitrogens with zero attached hydrogens (tertiary/aromatic N) is 2. The molecule has 1 aromatic rings. The van der Waals surface area contributed by atoms with Gasteiger partial charge in [-0.15, -0.1) is 0 Å². The van der Waals surface area contributed by atoms with Gasteiger partial charge in [-0.2, -0.15) is 8.42 Å². The van der Waals surface area contributed by atoms with Gasteiger partial charge in [0.05, 0.1) is 18.8 Å². The molecule has 0 saturated carbocycles. The van der Waals surface area contributed by atoms with E-state index in [0.29, 0.717) is 0 Å². The van der Waals surface area contributed by atoms with E-state index >= 15 is 0 Å². The molecular formula is C15H19N3NaO7S+. The van der Waals surface area contributed by atoms with Gasteiger partial charge in [0.15, 0.2) is 0 Å². The van der Waals surface area contributed by atoms with Crippen LogP contribution in [-0.4, -0.2) is 53.4 Å². The Balaban J connectivity index is 0.00000261. The van der Waals surface area contributed by atoms with Gasteiger partial charge >= 0.3 is 40.0 Å². The molecule has 1 fully saturated rings. The Morgan fingerprint density at radius 2 is 2.00 bits per heavy atom. The Kier molecular flexibility index (Phi) is 6.08. The minimum Gasteiger partial charge on any atom is -0.330 e. The van der Waals surface area contributed by atoms with E-state index in [1.54, 1.807) is 32.9 Å². The number of rotatable bonds is 6. The van der Waals surface area contributed by atoms with E-state index in [4.69, 9.17) is 9.29 Å². The third-order valence-corrected chi connectivity index (χ3v) is 5.30. The Labute approximate surface area is 178 Å². The number of pyridine rings is 1. The molecule has 0 aliphatic carbocycles. The minimum absolute atomic E-state index is 0. The predicted molar refractivity (Wildman–Crippen MR) is 86.9 cm³/mol. The summed E-state index contributed by atoms with van der Waals surface area (Å²) in [6, 6.07) is 3.18. The molecule has 12 heteroatoms. The van der Waals surface area contributed by atoms with Crippen molar-refractivity contribution in [2.45, 2.75) is 32.2 Å². The van der Waals surface area contributed by atoms with Crippen LogP contribution in [0, 0.1) is 5.92 Å². The third-order valence-electron chi connectivity index (χ3n) is 4.84. The molecule has 2 aliphatic rings. The van der Waals surface area contributed by atoms with Crippen LogP contribution in [0.15, 0.2) is 18.3 Å². The second-order valence-electron chi connectivity index (χ2n) is 6.54. The van der Waals surface area contributed by atoms with Crippen LogP contribution in [0.4, 0.5) is 0 Å². The van der Waals surface area contributed by atoms with Gasteiger partial charge in [-0.05, 0) is 25.0 Å². The Morgan fingerprint density at radius 3 is 2.59 bits per heavy atom. The van der Waals surface area contributed by atoms with E-state index in [2.05, 4.69) is 14.5 Å². The molecule has 2 N–H and O–H groups in total. The number of nitrogens with one attached hydrogen (secondary N) is 1. The predicted octanol–water partition coefficient (Wildman–Crippen LogP) is -2.97. The molecule has 0 spiro atoms. The Hall–Kier alpha value is -1.08. The molecule has 2 amide bonds. The van der Waals surface area contributed by atoms with Crippen molar-refractivity contribution in [2.75, 3.05) is 13.2 Å². The molecule has 1 saturated heterocycles. The molecule has 3 rings (SSSR count). The van der Waals surface area contributed by atoms with Gasteiger partial charge < -0.3 is 10.1 Å². The number of fused-ring (bicyclic) bond motifs is 3. The number of aromatic nitrogens is 1. The maximum Gasteiger partial charge on any atom is 1.00 e. The number of hydrogen-bond acceptors (Lipinski definition) is 7. The summed E-state index contributed by atoms with van der Waals surface area (Å²) >= 11 is 0. The van der Waals surface area contributed by atoms with Gasteiger partial charge in [-0.1, -0.05) is 13.8 Å². The second-order valence-corrected chi connectivity index (χ2v) is 7.63. The fourth-order valence-corrected chi connectivity index (χ4v) is 3.55. The maximum atomic E-state index is 13.0. The molecule has 2 unspecified atom stereocenters. The summed E-state index contributed by atoms with van der Waals surface area (Å²) in [6.07, 6.45) is 1.46. The molecule has 142 valence electrons. The molecule has 3 heterocycles. The molecule has 2 atom stereocenters. The van der Waals surface area contributed by atoms with Crippen LogP contribution in [0.1, 0.15) is 36.8 Å². The largest absolute Gasteiger partial charge is 1.00 e. The molecule has 0 bridgehead atoms. The standard InChI is InChI=1S/C15H19N3O7S.Na/c1-9(2)14(3)13(20)17-15(24-7-8-25-26(21,22)23)11-10(5-4-6-16-11)12(19)18(14)15;/h4-6,9H,7-8H2,1-3H3,(H,17,20)(H,21,22,23);/q;+1. The number of hydrogen-bond donors (Lipinski definition) is 2. The summed E-state index contributed by atoms with van der Waals surface area (Å²) in [5, 5.41) is 2.70. The van der Waals surface area contributed by atoms with Crippen molar-refractivity contribution < 1.29 is 61.0 Å². The fourth-order valence-electron chi connectivity index (χ4n) is 3.27. The molecule has 2 aliphatic heterocycles. The van der Waals surface area contributed by atoms with E-state index in [9.17, 15) is 18.0 Å². The zero-order valence-electron chi connectivity index (χ0n) is 15.4. The van der Waals surface area contributed by atoms with Crippen molar-refractivity contribution in [1.82, 2.24) is 15.2 Å². The summed E-state index contributed by atoms with van der Waals surface area (Å²) in [5.74, 6) is -2.72. The van der Waals surface area contributed by atoms with E-state index in [-0.39, 0.29) is 53.3 Å². The molecule has 1 aromatic heterocycles. The quantitative estimate of drug-likeness (QED) is 0.290. The zero-order chi connectivity index (χ0) is 19.3. The summed E-state index contributed by atoms with van der Waals surface area (Å²) in [7, 11) is -4.63. The van der Waals surface area contributed by atoms with Crippen molar-refractivity contribution in [1.29, 1.82) is 0 Å². The summed E-state index contributed by atoms with van der Waals surface area (Å²) < 4.78 is 40.0. The normalized spacial score (nSPS) is 26.6. The van der Waals surface area contributed by atoms with Gasteiger partial charge in [0.2, 0.25) is 5.91 Å². The second kappa shape index (κ2) is 7.39. The van der Waals surface area contributed by atoms with Crippen LogP contribution >= 0.6 is 0 Å². The zero-order valence-corrected chi connectivity index (χ0v) is 18.2. The van der Waals surface area contributed by atoms with Crippen LogP contribution < -0.4 is 34.9 Å². The molecular weight excluding hydrogens is 389 g/mol. The van der Waals surface area contributed by atoms with Gasteiger partial charge in [0, 0.05) is 6.20 Å². The van der Waals surface area contributed by atoms with E-state index in [1.807, 2.05) is 0 Å². The Bertz CT molecular complexity index is 878. The molecule has 10 nitrogen and oxygen atoms in total. The first kappa shape index (κ1) is 22.2. The first-order valence-corrected chi connectivity index (χ1v) is 9.29. The van der Waals surface area contributed by atoms with Crippen molar-refractivity contribution in [3.05, 3.63) is 29.6 Å². The van der Waals surface area contributed by atoms with E-state index in [0.717, 1.165) is 0 Å². The smallest absolute Gasteiger partial charge is 0.330 e. The number of amides is 2. The van der Waals surface area contributed by atoms with E-state index < -0.39 is 40.2 Å². The van der Waals surface area contributed by atoms with Crippen molar-refractivity contribution in [3.63, 3.8) is 0 Å². The van der Waals surface area contributed by atoms with Crippen molar-refractivity contribution >= 4 is 22.2 Å². The van der Waals surface area contributed by atoms with Crippen molar-refractivity contribution in [3.8, 4) is 0 Å². The number of carbonyl (C=O) groups is 2. The van der Waals surface area contributed by atoms with Crippen molar-refractivity contribution in [2.24, 2.45) is 5.92 Å². The van der Waals surface area contributed by atoms with Crippen LogP contribution in [-0.2, 0) is 30.0 Å². The number of ether oxygens (including phenoxy) is 1. The first-order valence-electron chi connectivity index (χ1n) is 7.92. The Morgan fingerprint density at radius 1 is 1.33 bits per heavy atom. The monoisotopic (exact) mass is 408 g/mol. The fraction of sp³-hybridized carbons (Fsp3) is 0.533. The van der Waals surface area contributed by atoms with Gasteiger partial charge in [0.25, 0.3) is 11.8 Å². The van der Waals surface area contributed by atoms with Gasteiger partial charge in [-0.25, -0.2) is 4.18 Å². The number of carbonyl (C=O) groups excluding carboxylic acids is 2. The molecule has 27 heavy (non-hydrogen) atoms. The summed E-state index contributed by atoms with van der Waals surface area (Å²) in [4.78, 5) is 31.2. The van der Waals surface area contributed by atoms with Crippen LogP contribution in [0.2, 0.25) is 0 Å². The van der Waals surface area contributed by atoms with E-state index in [1.165, 1.54) is 11.1 Å². The van der Waals surface area contributed by atoms with Gasteiger partial charge in [-0.3, -0.25) is 24.0 Å². The maximum absolute atomic E-state index is 13.0. The summed E-state index contributed by atoms with van der Waals surface area (Å²) in [5.41, 5.74) is -0.688. The topological polar surface area (TPSA) is 135 Å². The first-order chi connectivity index (χ1) is 12.0. The third kappa shape index (κ3) is 3.41. The average molecular weight is 408 g/mol. The minimum atomic E-state index is -4.63. The van der Waals surface area contributed by atoms with Gasteiger partial charge in [0.1, 0.15) is 11.2 Å². The average Bonchev–Trinajstić information content (AvgIpc) is 2.93.